The van der Waals surface area contributed by atoms with E-state index in [-0.39, 0.29) is 65.4 Å². The Morgan fingerprint density at radius 1 is 0.977 bits per heavy atom. The summed E-state index contributed by atoms with van der Waals surface area (Å²) >= 11 is 0. The summed E-state index contributed by atoms with van der Waals surface area (Å²) in [6.07, 6.45) is 2.70. The van der Waals surface area contributed by atoms with Crippen LogP contribution in [0.1, 0.15) is 81.8 Å². The molecule has 3 aromatic carbocycles. The number of aliphatic imine (C=N–C) groups is 1. The van der Waals surface area contributed by atoms with Crippen molar-refractivity contribution < 1.29 is 83.5 Å². The van der Waals surface area contributed by atoms with Gasteiger partial charge in [0, 0.05) is 55.4 Å². The maximum Gasteiger partial charge on any atom is 0.337 e. The minimum absolute atomic E-state index is 0.0288. The molecule has 0 radical (unpaired) electrons. The summed E-state index contributed by atoms with van der Waals surface area (Å²) in [6.45, 7) is -0.527. The molecule has 3 aromatic heterocycles. The number of guanidine groups is 1. The number of aliphatic hydroxyl groups excluding tert-OH is 4. The van der Waals surface area contributed by atoms with Crippen molar-refractivity contribution in [2.24, 2.45) is 16.1 Å². The number of aldehydes is 2. The zero-order valence-corrected chi connectivity index (χ0v) is 47.7. The molecule has 25 nitrogen and oxygen atoms in total. The maximum atomic E-state index is 14.5. The van der Waals surface area contributed by atoms with Crippen LogP contribution < -0.4 is 36.7 Å². The number of aromatic hydroxyl groups is 1. The first-order chi connectivity index (χ1) is 41.3. The number of esters is 1. The van der Waals surface area contributed by atoms with Gasteiger partial charge in [0.15, 0.2) is 28.7 Å². The second kappa shape index (κ2) is 26.5. The molecule has 25 heteroatoms. The van der Waals surface area contributed by atoms with Crippen LogP contribution in [0.25, 0.3) is 44.3 Å². The fourth-order valence-electron chi connectivity index (χ4n) is 12.8. The fourth-order valence-corrected chi connectivity index (χ4v) is 12.8. The minimum Gasteiger partial charge on any atom is -0.508 e. The monoisotopic (exact) mass is 1190 g/mol. The summed E-state index contributed by atoms with van der Waals surface area (Å²) in [5.74, 6) is -4.61. The lowest BCUT2D eigenvalue weighted by Crippen LogP contribution is -2.86. The van der Waals surface area contributed by atoms with Crippen molar-refractivity contribution >= 4 is 52.3 Å². The number of aromatic amines is 1. The first-order valence-electron chi connectivity index (χ1n) is 28.8. The topological polar surface area (TPSA) is 392 Å². The van der Waals surface area contributed by atoms with Crippen LogP contribution in [-0.2, 0) is 28.7 Å². The van der Waals surface area contributed by atoms with Gasteiger partial charge in [0.25, 0.3) is 0 Å². The van der Waals surface area contributed by atoms with Crippen LogP contribution in [0.2, 0.25) is 0 Å². The minimum atomic E-state index is -3.51. The summed E-state index contributed by atoms with van der Waals surface area (Å²) in [5.41, 5.74) is -0.392. The van der Waals surface area contributed by atoms with E-state index in [2.05, 4.69) is 25.9 Å². The molecular formula is C61H75N7O18. The maximum absolute atomic E-state index is 14.5. The number of nitrogens with one attached hydrogen (secondary N) is 4. The Hall–Kier alpha value is -7.72. The van der Waals surface area contributed by atoms with Crippen molar-refractivity contribution in [3.05, 3.63) is 107 Å². The highest BCUT2D eigenvalue weighted by Crippen LogP contribution is 2.50. The SMILES string of the molecule is Cc1cc(C)cc(-c2c3[nH]ccc3cn2OC2C(Oc3ccc4c(=O)c(-c5ccc(O)cc5)coc4c3)OC(C(CO)(NC(N)=NC(C=O)CNC3CCCCC34CCCC4)OC(=O)C(NCCC=O)C(=O)O)C(O)(CO)C2(O)C(O)CCCO)c1. The molecule has 1 spiro atoms. The van der Waals surface area contributed by atoms with Crippen LogP contribution in [-0.4, -0.2) is 174 Å². The number of carboxylic acid groups (broad SMARTS) is 1. The molecule has 3 fully saturated rings. The Bertz CT molecular complexity index is 3450. The predicted octanol–water partition coefficient (Wildman–Crippen LogP) is 2.35. The third-order valence-electron chi connectivity index (χ3n) is 17.0. The van der Waals surface area contributed by atoms with Gasteiger partial charge in [-0.2, -0.15) is 4.73 Å². The third kappa shape index (κ3) is 12.5. The van der Waals surface area contributed by atoms with Crippen molar-refractivity contribution in [1.82, 2.24) is 25.7 Å². The summed E-state index contributed by atoms with van der Waals surface area (Å²) in [5, 5.41) is 103. The number of H-pyrrole nitrogens is 1. The summed E-state index contributed by atoms with van der Waals surface area (Å²) in [7, 11) is 0. The molecule has 462 valence electrons. The van der Waals surface area contributed by atoms with E-state index in [9.17, 15) is 64.8 Å². The van der Waals surface area contributed by atoms with Gasteiger partial charge in [0.05, 0.1) is 35.4 Å². The second-order valence-corrected chi connectivity index (χ2v) is 22.8. The summed E-state index contributed by atoms with van der Waals surface area (Å²) < 4.78 is 26.4. The lowest BCUT2D eigenvalue weighted by atomic mass is 9.66. The molecule has 9 rings (SSSR count). The zero-order chi connectivity index (χ0) is 61.6. The molecule has 10 unspecified atom stereocenters. The Kier molecular flexibility index (Phi) is 19.3. The first kappa shape index (κ1) is 62.8. The standard InChI is InChI=1S/C61H75N7O18/c1-35-25-36(2)27-39(26-35)50-48-38(17-22-64-48)30-68(50)86-52-55(83-42-15-16-43-45(28-42)82-32-44(51(43)76)37-11-13-41(74)14-12-37)84-56(59(80,33-72)61(52,81)47(75)10-7-23-69)60(34-73,85-54(79)49(53(77)78)63-21-8-24-70)67-57(62)66-40(31-71)29-65-46-9-3-4-18-58(46)19-5-6-20-58/h11-17,22,24-28,30-32,40,46-47,49,52,55-56,63-65,69,72-75,80-81H,3-10,18-21,23,29,33-34H2,1-2H3,(H,77,78)(H3,62,66,67). The van der Waals surface area contributed by atoms with Crippen molar-refractivity contribution in [2.75, 3.05) is 32.9 Å². The number of hydrogen-bond donors (Lipinski definition) is 13. The van der Waals surface area contributed by atoms with E-state index in [0.29, 0.717) is 40.3 Å². The van der Waals surface area contributed by atoms with Crippen LogP contribution in [0.4, 0.5) is 0 Å². The molecule has 86 heavy (non-hydrogen) atoms. The Balaban J connectivity index is 1.21. The second-order valence-electron chi connectivity index (χ2n) is 22.8. The van der Waals surface area contributed by atoms with E-state index in [1.165, 1.54) is 59.7 Å². The number of aryl methyl sites for hydroxylation is 2. The lowest BCUT2D eigenvalue weighted by molar-refractivity contribution is -0.400. The van der Waals surface area contributed by atoms with Gasteiger partial charge in [-0.05, 0) is 106 Å². The summed E-state index contributed by atoms with van der Waals surface area (Å²) in [6, 6.07) is 13.5. The molecular weight excluding hydrogens is 1120 g/mol. The molecule has 0 bridgehead atoms. The molecule has 4 heterocycles. The van der Waals surface area contributed by atoms with Gasteiger partial charge in [-0.3, -0.25) is 10.1 Å². The number of aromatic nitrogens is 2. The highest BCUT2D eigenvalue weighted by atomic mass is 16.8. The average Bonchev–Trinajstić information content (AvgIpc) is 0.754. The fraction of sp³-hybridized carbons (Fsp3) is 0.475. The van der Waals surface area contributed by atoms with Gasteiger partial charge < -0.3 is 95.3 Å². The van der Waals surface area contributed by atoms with Crippen LogP contribution in [0, 0.1) is 19.3 Å². The molecule has 1 aliphatic heterocycles. The Morgan fingerprint density at radius 2 is 1.70 bits per heavy atom. The Morgan fingerprint density at radius 3 is 2.36 bits per heavy atom. The average molecular weight is 1190 g/mol. The number of benzene rings is 3. The number of hydrogen-bond acceptors (Lipinski definition) is 20. The smallest absolute Gasteiger partial charge is 0.337 e. The molecule has 2 saturated carbocycles. The number of aliphatic carboxylic acids is 1. The normalized spacial score (nSPS) is 24.0. The van der Waals surface area contributed by atoms with E-state index in [1.807, 2.05) is 32.0 Å². The number of ether oxygens (including phenoxy) is 3. The van der Waals surface area contributed by atoms with Gasteiger partial charge in [-0.15, -0.1) is 0 Å². The number of nitrogens with zero attached hydrogens (tertiary/aromatic N) is 2. The summed E-state index contributed by atoms with van der Waals surface area (Å²) in [4.78, 5) is 80.0. The van der Waals surface area contributed by atoms with Gasteiger partial charge in [-0.1, -0.05) is 55.0 Å². The molecule has 3 aliphatic rings. The number of phenols is 1. The van der Waals surface area contributed by atoms with E-state index < -0.39 is 103 Å². The van der Waals surface area contributed by atoms with Gasteiger partial charge >= 0.3 is 11.9 Å². The molecule has 6 aromatic rings. The van der Waals surface area contributed by atoms with Crippen molar-refractivity contribution in [3.63, 3.8) is 0 Å². The number of fused-ring (bicyclic) bond motifs is 2. The molecule has 0 amide bonds. The Labute approximate surface area is 493 Å². The zero-order valence-electron chi connectivity index (χ0n) is 47.7. The molecule has 2 aliphatic carbocycles. The highest BCUT2D eigenvalue weighted by molar-refractivity contribution is 5.98. The van der Waals surface area contributed by atoms with Crippen LogP contribution in [0.15, 0.2) is 99.6 Å². The van der Waals surface area contributed by atoms with Crippen molar-refractivity contribution in [2.45, 2.75) is 144 Å². The molecule has 10 atom stereocenters. The van der Waals surface area contributed by atoms with E-state index >= 15 is 0 Å². The van der Waals surface area contributed by atoms with E-state index in [1.54, 1.807) is 12.3 Å². The predicted molar refractivity (Wildman–Crippen MR) is 312 cm³/mol. The van der Waals surface area contributed by atoms with E-state index in [4.69, 9.17) is 29.2 Å². The number of carboxylic acids is 1. The van der Waals surface area contributed by atoms with Crippen LogP contribution in [0.3, 0.4) is 0 Å². The number of carbonyl (C=O) groups is 4. The van der Waals surface area contributed by atoms with Gasteiger partial charge in [-0.25, -0.2) is 14.6 Å². The van der Waals surface area contributed by atoms with Crippen molar-refractivity contribution in [1.29, 1.82) is 0 Å². The molecule has 14 N–H and O–H groups in total. The number of nitrogens with two attached hydrogens (primary N) is 1. The number of rotatable bonds is 26. The van der Waals surface area contributed by atoms with Gasteiger partial charge in [0.2, 0.25) is 24.2 Å². The number of carbonyl (C=O) groups excluding carboxylic acids is 3. The highest BCUT2D eigenvalue weighted by Gasteiger charge is 2.75. The van der Waals surface area contributed by atoms with E-state index in [0.717, 1.165) is 62.5 Å². The quantitative estimate of drug-likeness (QED) is 0.00705. The first-order valence-corrected chi connectivity index (χ1v) is 28.8. The van der Waals surface area contributed by atoms with Crippen molar-refractivity contribution in [3.8, 4) is 33.9 Å². The van der Waals surface area contributed by atoms with Gasteiger partial charge in [0.1, 0.15) is 54.3 Å². The lowest BCUT2D eigenvalue weighted by Gasteiger charge is -2.59. The van der Waals surface area contributed by atoms with Crippen LogP contribution >= 0.6 is 0 Å². The number of aliphatic hydroxyl groups is 6. The third-order valence-corrected chi connectivity index (χ3v) is 17.0. The number of phenolic OH excluding ortho intramolecular Hbond substituents is 1. The van der Waals surface area contributed by atoms with Crippen LogP contribution in [0.5, 0.6) is 11.5 Å². The largest absolute Gasteiger partial charge is 0.508 e. The molecule has 1 saturated heterocycles.